The van der Waals surface area contributed by atoms with Crippen LogP contribution in [0.1, 0.15) is 12.5 Å². The number of rotatable bonds is 4. The molecule has 162 valence electrons. The van der Waals surface area contributed by atoms with E-state index < -0.39 is 5.97 Å². The number of benzene rings is 3. The lowest BCUT2D eigenvalue weighted by atomic mass is 10.2. The van der Waals surface area contributed by atoms with Crippen molar-refractivity contribution in [2.24, 2.45) is 5.10 Å². The average Bonchev–Trinajstić information content (AvgIpc) is 3.21. The first kappa shape index (κ1) is 20.7. The standard InChI is InChI=1S/C25H16ClN3O4/c1-15(30)32-19-6-4-5-16(11-19)14-27-29-24(28-21-8-3-2-7-20(21)25(29)31)23-13-17-12-18(26)9-10-22(17)33-23/h2-14H,1H3. The normalized spacial score (nSPS) is 11.5. The van der Waals surface area contributed by atoms with Crippen molar-refractivity contribution >= 4 is 45.7 Å². The molecule has 5 aromatic rings. The van der Waals surface area contributed by atoms with Crippen LogP contribution in [0.5, 0.6) is 5.75 Å². The summed E-state index contributed by atoms with van der Waals surface area (Å²) < 4.78 is 12.3. The number of furan rings is 1. The van der Waals surface area contributed by atoms with Gasteiger partial charge in [0.1, 0.15) is 11.3 Å². The topological polar surface area (TPSA) is 86.7 Å². The summed E-state index contributed by atoms with van der Waals surface area (Å²) in [5, 5.41) is 6.18. The highest BCUT2D eigenvalue weighted by atomic mass is 35.5. The van der Waals surface area contributed by atoms with Gasteiger partial charge >= 0.3 is 5.97 Å². The lowest BCUT2D eigenvalue weighted by Gasteiger charge is -2.07. The average molecular weight is 458 g/mol. The monoisotopic (exact) mass is 457 g/mol. The van der Waals surface area contributed by atoms with Crippen molar-refractivity contribution in [1.29, 1.82) is 0 Å². The minimum Gasteiger partial charge on any atom is -0.453 e. The van der Waals surface area contributed by atoms with Gasteiger partial charge in [-0.25, -0.2) is 4.98 Å². The van der Waals surface area contributed by atoms with Gasteiger partial charge in [0.05, 0.1) is 17.1 Å². The molecular formula is C25H16ClN3O4. The van der Waals surface area contributed by atoms with Crippen molar-refractivity contribution in [3.05, 3.63) is 93.7 Å². The molecule has 0 unspecified atom stereocenters. The Labute approximate surface area is 192 Å². The predicted molar refractivity (Wildman–Crippen MR) is 127 cm³/mol. The lowest BCUT2D eigenvalue weighted by molar-refractivity contribution is -0.131. The first-order chi connectivity index (χ1) is 16.0. The summed E-state index contributed by atoms with van der Waals surface area (Å²) in [6, 6.07) is 20.9. The first-order valence-corrected chi connectivity index (χ1v) is 10.4. The molecule has 0 spiro atoms. The zero-order valence-corrected chi connectivity index (χ0v) is 18.1. The maximum absolute atomic E-state index is 13.3. The van der Waals surface area contributed by atoms with Gasteiger partial charge in [-0.2, -0.15) is 9.78 Å². The number of halogens is 1. The number of ether oxygens (including phenoxy) is 1. The molecule has 0 aliphatic carbocycles. The molecule has 0 aliphatic heterocycles. The van der Waals surface area contributed by atoms with Gasteiger partial charge in [0.15, 0.2) is 5.76 Å². The van der Waals surface area contributed by atoms with Crippen LogP contribution in [0.2, 0.25) is 5.02 Å². The number of aromatic nitrogens is 2. The molecule has 0 fully saturated rings. The van der Waals surface area contributed by atoms with Crippen LogP contribution >= 0.6 is 11.6 Å². The van der Waals surface area contributed by atoms with Crippen LogP contribution < -0.4 is 10.3 Å². The Morgan fingerprint density at radius 2 is 1.94 bits per heavy atom. The summed E-state index contributed by atoms with van der Waals surface area (Å²) in [7, 11) is 0. The Morgan fingerprint density at radius 1 is 1.09 bits per heavy atom. The minimum atomic E-state index is -0.425. The summed E-state index contributed by atoms with van der Waals surface area (Å²) in [4.78, 5) is 29.2. The molecule has 0 bridgehead atoms. The highest BCUT2D eigenvalue weighted by Gasteiger charge is 2.16. The van der Waals surface area contributed by atoms with E-state index in [0.717, 1.165) is 5.39 Å². The van der Waals surface area contributed by atoms with Crippen molar-refractivity contribution in [2.75, 3.05) is 0 Å². The third kappa shape index (κ3) is 4.14. The summed E-state index contributed by atoms with van der Waals surface area (Å²) in [5.41, 5.74) is 1.43. The van der Waals surface area contributed by atoms with Crippen LogP contribution in [0.3, 0.4) is 0 Å². The van der Waals surface area contributed by atoms with Gasteiger partial charge in [-0.3, -0.25) is 9.59 Å². The highest BCUT2D eigenvalue weighted by molar-refractivity contribution is 6.31. The molecule has 2 heterocycles. The van der Waals surface area contributed by atoms with Gasteiger partial charge < -0.3 is 9.15 Å². The van der Waals surface area contributed by atoms with Crippen LogP contribution in [0.15, 0.2) is 87.1 Å². The SMILES string of the molecule is CC(=O)Oc1cccc(C=Nn2c(-c3cc4cc(Cl)ccc4o3)nc3ccccc3c2=O)c1. The summed E-state index contributed by atoms with van der Waals surface area (Å²) in [5.74, 6) is 0.579. The van der Waals surface area contributed by atoms with Crippen LogP contribution in [0.4, 0.5) is 0 Å². The molecule has 7 nitrogen and oxygen atoms in total. The number of esters is 1. The molecule has 0 atom stereocenters. The zero-order valence-electron chi connectivity index (χ0n) is 17.4. The third-order valence-corrected chi connectivity index (χ3v) is 5.13. The van der Waals surface area contributed by atoms with Gasteiger partial charge in [0, 0.05) is 17.3 Å². The number of carbonyl (C=O) groups excluding carboxylic acids is 1. The summed E-state index contributed by atoms with van der Waals surface area (Å²) in [6.07, 6.45) is 1.49. The van der Waals surface area contributed by atoms with E-state index in [0.29, 0.717) is 38.6 Å². The van der Waals surface area contributed by atoms with Crippen molar-refractivity contribution in [3.63, 3.8) is 0 Å². The third-order valence-electron chi connectivity index (χ3n) is 4.89. The number of hydrogen-bond donors (Lipinski definition) is 0. The largest absolute Gasteiger partial charge is 0.453 e. The van der Waals surface area contributed by atoms with Gasteiger partial charge in [0.2, 0.25) is 5.82 Å². The molecule has 0 amide bonds. The summed E-state index contributed by atoms with van der Waals surface area (Å²) in [6.45, 7) is 1.33. The van der Waals surface area contributed by atoms with E-state index in [9.17, 15) is 9.59 Å². The first-order valence-electron chi connectivity index (χ1n) is 10.0. The Morgan fingerprint density at radius 3 is 2.79 bits per heavy atom. The van der Waals surface area contributed by atoms with Gasteiger partial charge in [-0.1, -0.05) is 35.9 Å². The molecule has 5 rings (SSSR count). The fourth-order valence-corrected chi connectivity index (χ4v) is 3.64. The quantitative estimate of drug-likeness (QED) is 0.208. The molecular weight excluding hydrogens is 442 g/mol. The van der Waals surface area contributed by atoms with E-state index >= 15 is 0 Å². The van der Waals surface area contributed by atoms with Crippen molar-refractivity contribution < 1.29 is 13.9 Å². The number of carbonyl (C=O) groups is 1. The second kappa shape index (κ2) is 8.37. The fourth-order valence-electron chi connectivity index (χ4n) is 3.46. The van der Waals surface area contributed by atoms with E-state index in [-0.39, 0.29) is 11.4 Å². The number of para-hydroxylation sites is 1. The fraction of sp³-hybridized carbons (Fsp3) is 0.0400. The Hall–Kier alpha value is -4.23. The van der Waals surface area contributed by atoms with E-state index in [1.54, 1.807) is 66.7 Å². The van der Waals surface area contributed by atoms with E-state index in [1.807, 2.05) is 6.07 Å². The van der Waals surface area contributed by atoms with Crippen molar-refractivity contribution in [3.8, 4) is 17.3 Å². The Balaban J connectivity index is 1.67. The van der Waals surface area contributed by atoms with Crippen LogP contribution in [0.25, 0.3) is 33.5 Å². The van der Waals surface area contributed by atoms with Crippen molar-refractivity contribution in [2.45, 2.75) is 6.92 Å². The molecule has 0 aliphatic rings. The maximum atomic E-state index is 13.3. The van der Waals surface area contributed by atoms with Gasteiger partial charge in [0.25, 0.3) is 5.56 Å². The molecule has 3 aromatic carbocycles. The van der Waals surface area contributed by atoms with E-state index in [1.165, 1.54) is 17.8 Å². The van der Waals surface area contributed by atoms with Gasteiger partial charge in [-0.05, 0) is 54.1 Å². The molecule has 0 radical (unpaired) electrons. The van der Waals surface area contributed by atoms with Crippen LogP contribution in [0, 0.1) is 0 Å². The molecule has 0 N–H and O–H groups in total. The maximum Gasteiger partial charge on any atom is 0.308 e. The highest BCUT2D eigenvalue weighted by Crippen LogP contribution is 2.29. The number of fused-ring (bicyclic) bond motifs is 2. The van der Waals surface area contributed by atoms with Crippen molar-refractivity contribution in [1.82, 2.24) is 9.66 Å². The van der Waals surface area contributed by atoms with Gasteiger partial charge in [-0.15, -0.1) is 0 Å². The molecule has 0 saturated heterocycles. The molecule has 0 saturated carbocycles. The second-order valence-corrected chi connectivity index (χ2v) is 7.71. The van der Waals surface area contributed by atoms with E-state index in [2.05, 4.69) is 10.1 Å². The Kier molecular flexibility index (Phi) is 5.24. The molecule has 8 heteroatoms. The number of hydrogen-bond acceptors (Lipinski definition) is 6. The summed E-state index contributed by atoms with van der Waals surface area (Å²) >= 11 is 6.10. The van der Waals surface area contributed by atoms with Crippen LogP contribution in [-0.2, 0) is 4.79 Å². The lowest BCUT2D eigenvalue weighted by Crippen LogP contribution is -2.20. The molecule has 2 aromatic heterocycles. The predicted octanol–water partition coefficient (Wildman–Crippen LogP) is 5.27. The van der Waals surface area contributed by atoms with Crippen LogP contribution in [-0.4, -0.2) is 21.8 Å². The van der Waals surface area contributed by atoms with E-state index in [4.69, 9.17) is 20.8 Å². The molecule has 33 heavy (non-hydrogen) atoms. The Bertz CT molecular complexity index is 1620. The second-order valence-electron chi connectivity index (χ2n) is 7.27. The zero-order chi connectivity index (χ0) is 22.9. The number of nitrogens with zero attached hydrogens (tertiary/aromatic N) is 3. The minimum absolute atomic E-state index is 0.249. The smallest absolute Gasteiger partial charge is 0.308 e.